The first kappa shape index (κ1) is 26.0. The molecular weight excluding hydrogens is 512 g/mol. The Labute approximate surface area is 233 Å². The van der Waals surface area contributed by atoms with Crippen LogP contribution in [0.3, 0.4) is 0 Å². The summed E-state index contributed by atoms with van der Waals surface area (Å²) in [4.78, 5) is 39.9. The summed E-state index contributed by atoms with van der Waals surface area (Å²) in [6.07, 6.45) is 9.62. The fourth-order valence-corrected chi connectivity index (χ4v) is 8.37. The highest BCUT2D eigenvalue weighted by molar-refractivity contribution is 8.18. The fraction of sp³-hybridized carbons (Fsp3) is 0.452. The lowest BCUT2D eigenvalue weighted by Gasteiger charge is -2.57. The number of imide groups is 1. The largest absolute Gasteiger partial charge is 0.497 e. The van der Waals surface area contributed by atoms with E-state index < -0.39 is 17.1 Å². The topological polar surface area (TPSA) is 84.9 Å². The number of hydrogen-bond donors (Lipinski definition) is 1. The van der Waals surface area contributed by atoms with Gasteiger partial charge in [-0.2, -0.15) is 0 Å². The zero-order valence-corrected chi connectivity index (χ0v) is 23.2. The molecular formula is C31H34N2O5S. The van der Waals surface area contributed by atoms with E-state index in [0.29, 0.717) is 28.7 Å². The molecule has 4 saturated carbocycles. The van der Waals surface area contributed by atoms with Gasteiger partial charge in [-0.1, -0.05) is 6.07 Å². The number of carbonyl (C=O) groups excluding carboxylic acids is 3. The summed E-state index contributed by atoms with van der Waals surface area (Å²) in [5.74, 6) is 2.95. The van der Waals surface area contributed by atoms with Crippen molar-refractivity contribution in [3.05, 3.63) is 58.5 Å². The Bertz CT molecular complexity index is 1300. The first-order valence-electron chi connectivity index (χ1n) is 13.8. The molecule has 1 aliphatic heterocycles. The number of nitrogens with zero attached hydrogens (tertiary/aromatic N) is 1. The van der Waals surface area contributed by atoms with Crippen molar-refractivity contribution >= 4 is 40.6 Å². The van der Waals surface area contributed by atoms with E-state index in [2.05, 4.69) is 17.4 Å². The summed E-state index contributed by atoms with van der Waals surface area (Å²) >= 11 is 0.868. The maximum absolute atomic E-state index is 13.2. The Morgan fingerprint density at radius 2 is 1.72 bits per heavy atom. The second-order valence-electron chi connectivity index (χ2n) is 11.4. The molecule has 0 aromatic heterocycles. The standard InChI is InChI=1S/C31H34N2O5S/c1-3-38-26-9-4-23(31-15-19-10-20(16-31)12-21(11-19)17-31)13-22(26)14-27-29(35)33(30(36)39-27)18-28(34)32-24-5-7-25(37-2)8-6-24/h4-9,13-14,19-21H,3,10-12,15-18H2,1-2H3,(H,32,34)/b27-14+. The van der Waals surface area contributed by atoms with Gasteiger partial charge in [-0.15, -0.1) is 0 Å². The first-order chi connectivity index (χ1) is 18.9. The van der Waals surface area contributed by atoms with Crippen molar-refractivity contribution in [2.75, 3.05) is 25.6 Å². The van der Waals surface area contributed by atoms with Gasteiger partial charge in [0, 0.05) is 11.3 Å². The minimum Gasteiger partial charge on any atom is -0.497 e. The van der Waals surface area contributed by atoms with Crippen LogP contribution in [0.2, 0.25) is 0 Å². The molecule has 204 valence electrons. The van der Waals surface area contributed by atoms with Gasteiger partial charge in [-0.25, -0.2) is 0 Å². The number of rotatable bonds is 8. The van der Waals surface area contributed by atoms with Crippen LogP contribution in [-0.2, 0) is 15.0 Å². The molecule has 39 heavy (non-hydrogen) atoms. The van der Waals surface area contributed by atoms with E-state index in [0.717, 1.165) is 40.0 Å². The zero-order valence-electron chi connectivity index (χ0n) is 22.4. The molecule has 2 aromatic rings. The Morgan fingerprint density at radius 3 is 2.33 bits per heavy atom. The van der Waals surface area contributed by atoms with E-state index in [4.69, 9.17) is 9.47 Å². The number of hydrogen-bond acceptors (Lipinski definition) is 6. The van der Waals surface area contributed by atoms with Gasteiger partial charge in [0.2, 0.25) is 5.91 Å². The number of amides is 3. The molecule has 7 nitrogen and oxygen atoms in total. The molecule has 4 bridgehead atoms. The van der Waals surface area contributed by atoms with Crippen molar-refractivity contribution in [1.29, 1.82) is 0 Å². The summed E-state index contributed by atoms with van der Waals surface area (Å²) in [5.41, 5.74) is 2.92. The zero-order chi connectivity index (χ0) is 27.1. The van der Waals surface area contributed by atoms with E-state index in [9.17, 15) is 14.4 Å². The number of thioether (sulfide) groups is 1. The van der Waals surface area contributed by atoms with Gasteiger partial charge in [-0.05, 0) is 128 Å². The van der Waals surface area contributed by atoms with Crippen LogP contribution in [0.1, 0.15) is 56.6 Å². The van der Waals surface area contributed by atoms with Crippen molar-refractivity contribution in [2.24, 2.45) is 17.8 Å². The summed E-state index contributed by atoms with van der Waals surface area (Å²) < 4.78 is 11.1. The van der Waals surface area contributed by atoms with Crippen LogP contribution < -0.4 is 14.8 Å². The third kappa shape index (κ3) is 5.07. The van der Waals surface area contributed by atoms with E-state index in [1.165, 1.54) is 44.1 Å². The van der Waals surface area contributed by atoms with Gasteiger partial charge in [0.05, 0.1) is 18.6 Å². The SMILES string of the molecule is CCOc1ccc(C23CC4CC(CC(C4)C2)C3)cc1/C=C1/SC(=O)N(CC(=O)Nc2ccc(OC)cc2)C1=O. The van der Waals surface area contributed by atoms with Crippen LogP contribution in [0.15, 0.2) is 47.4 Å². The number of nitrogens with one attached hydrogen (secondary N) is 1. The Hall–Kier alpha value is -3.26. The Morgan fingerprint density at radius 1 is 1.05 bits per heavy atom. The lowest BCUT2D eigenvalue weighted by atomic mass is 9.48. The van der Waals surface area contributed by atoms with Crippen LogP contribution in [0.4, 0.5) is 10.5 Å². The molecule has 7 rings (SSSR count). The van der Waals surface area contributed by atoms with Crippen molar-refractivity contribution in [1.82, 2.24) is 4.90 Å². The number of methoxy groups -OCH3 is 1. The van der Waals surface area contributed by atoms with Crippen molar-refractivity contribution < 1.29 is 23.9 Å². The van der Waals surface area contributed by atoms with Gasteiger partial charge < -0.3 is 14.8 Å². The van der Waals surface area contributed by atoms with E-state index in [1.54, 1.807) is 37.5 Å². The fourth-order valence-electron chi connectivity index (χ4n) is 7.54. The van der Waals surface area contributed by atoms with E-state index >= 15 is 0 Å². The monoisotopic (exact) mass is 546 g/mol. The Kier molecular flexibility index (Phi) is 6.91. The van der Waals surface area contributed by atoms with Gasteiger partial charge in [-0.3, -0.25) is 19.3 Å². The summed E-state index contributed by atoms with van der Waals surface area (Å²) in [7, 11) is 1.57. The molecule has 0 atom stereocenters. The Balaban J connectivity index is 1.22. The minimum atomic E-state index is -0.461. The van der Waals surface area contributed by atoms with Crippen molar-refractivity contribution in [3.63, 3.8) is 0 Å². The van der Waals surface area contributed by atoms with E-state index in [1.807, 2.05) is 13.0 Å². The molecule has 1 heterocycles. The summed E-state index contributed by atoms with van der Waals surface area (Å²) in [5, 5.41) is 2.28. The molecule has 2 aromatic carbocycles. The molecule has 5 aliphatic rings. The number of benzene rings is 2. The van der Waals surface area contributed by atoms with Gasteiger partial charge in [0.15, 0.2) is 0 Å². The normalized spacial score (nSPS) is 28.3. The second kappa shape index (κ2) is 10.4. The third-order valence-corrected chi connectivity index (χ3v) is 9.70. The summed E-state index contributed by atoms with van der Waals surface area (Å²) in [6.45, 7) is 2.09. The highest BCUT2D eigenvalue weighted by Crippen LogP contribution is 2.61. The van der Waals surface area contributed by atoms with Gasteiger partial charge >= 0.3 is 0 Å². The smallest absolute Gasteiger partial charge is 0.294 e. The molecule has 1 N–H and O–H groups in total. The molecule has 5 fully saturated rings. The predicted molar refractivity (Wildman–Crippen MR) is 152 cm³/mol. The van der Waals surface area contributed by atoms with Crippen molar-refractivity contribution in [2.45, 2.75) is 50.9 Å². The molecule has 3 amide bonds. The molecule has 0 spiro atoms. The average molecular weight is 547 g/mol. The third-order valence-electron chi connectivity index (χ3n) is 8.80. The van der Waals surface area contributed by atoms with E-state index in [-0.39, 0.29) is 12.0 Å². The number of anilines is 1. The van der Waals surface area contributed by atoms with Crippen LogP contribution in [0, 0.1) is 17.8 Å². The molecule has 8 heteroatoms. The van der Waals surface area contributed by atoms with Gasteiger partial charge in [0.25, 0.3) is 11.1 Å². The maximum atomic E-state index is 13.2. The first-order valence-corrected chi connectivity index (χ1v) is 14.6. The van der Waals surface area contributed by atoms with Crippen molar-refractivity contribution in [3.8, 4) is 11.5 Å². The number of ether oxygens (including phenoxy) is 2. The lowest BCUT2D eigenvalue weighted by molar-refractivity contribution is -0.127. The maximum Gasteiger partial charge on any atom is 0.294 e. The van der Waals surface area contributed by atoms with Crippen LogP contribution in [-0.4, -0.2) is 42.2 Å². The minimum absolute atomic E-state index is 0.209. The summed E-state index contributed by atoms with van der Waals surface area (Å²) in [6, 6.07) is 13.3. The van der Waals surface area contributed by atoms with Crippen LogP contribution in [0.5, 0.6) is 11.5 Å². The highest BCUT2D eigenvalue weighted by atomic mass is 32.2. The second-order valence-corrected chi connectivity index (χ2v) is 12.4. The lowest BCUT2D eigenvalue weighted by Crippen LogP contribution is -2.48. The molecule has 4 aliphatic carbocycles. The molecule has 0 radical (unpaired) electrons. The number of carbonyl (C=O) groups is 3. The average Bonchev–Trinajstić information content (AvgIpc) is 3.16. The molecule has 0 unspecified atom stereocenters. The predicted octanol–water partition coefficient (Wildman–Crippen LogP) is 6.24. The van der Waals surface area contributed by atoms with Crippen LogP contribution in [0.25, 0.3) is 6.08 Å². The van der Waals surface area contributed by atoms with Gasteiger partial charge in [0.1, 0.15) is 18.0 Å². The quantitative estimate of drug-likeness (QED) is 0.395. The van der Waals surface area contributed by atoms with Crippen LogP contribution >= 0.6 is 11.8 Å². The highest BCUT2D eigenvalue weighted by Gasteiger charge is 2.51. The molecule has 1 saturated heterocycles.